The molecule has 0 radical (unpaired) electrons. The van der Waals surface area contributed by atoms with Gasteiger partial charge in [-0.25, -0.2) is 0 Å². The van der Waals surface area contributed by atoms with E-state index >= 15 is 0 Å². The Balaban J connectivity index is 2.15. The van der Waals surface area contributed by atoms with Crippen LogP contribution >= 0.6 is 0 Å². The molecule has 1 aromatic carbocycles. The molecule has 1 aliphatic rings. The van der Waals surface area contributed by atoms with Crippen molar-refractivity contribution in [2.24, 2.45) is 11.3 Å². The molecule has 0 saturated heterocycles. The van der Waals surface area contributed by atoms with Crippen LogP contribution in [0.15, 0.2) is 29.1 Å². The lowest BCUT2D eigenvalue weighted by atomic mass is 9.71. The van der Waals surface area contributed by atoms with Crippen LogP contribution in [0, 0.1) is 11.3 Å². The molecule has 1 atom stereocenters. The van der Waals surface area contributed by atoms with Crippen molar-refractivity contribution in [1.82, 2.24) is 4.98 Å². The zero-order valence-electron chi connectivity index (χ0n) is 11.9. The van der Waals surface area contributed by atoms with Gasteiger partial charge in [-0.05, 0) is 42.7 Å². The minimum Gasteiger partial charge on any atom is -0.358 e. The number of rotatable bonds is 0. The Hall–Kier alpha value is -1.57. The number of aromatic nitrogens is 1. The zero-order chi connectivity index (χ0) is 13.6. The van der Waals surface area contributed by atoms with E-state index in [0.29, 0.717) is 5.92 Å². The highest BCUT2D eigenvalue weighted by Gasteiger charge is 2.30. The second-order valence-corrected chi connectivity index (χ2v) is 6.76. The summed E-state index contributed by atoms with van der Waals surface area (Å²) in [5.41, 5.74) is 3.66. The van der Waals surface area contributed by atoms with Gasteiger partial charge < -0.3 is 4.98 Å². The van der Waals surface area contributed by atoms with Crippen LogP contribution in [0.4, 0.5) is 0 Å². The molecule has 19 heavy (non-hydrogen) atoms. The molecule has 1 aliphatic carbocycles. The first-order valence-corrected chi connectivity index (χ1v) is 7.09. The van der Waals surface area contributed by atoms with Crippen molar-refractivity contribution in [1.29, 1.82) is 0 Å². The maximum absolute atomic E-state index is 12.6. The van der Waals surface area contributed by atoms with Crippen molar-refractivity contribution in [3.05, 3.63) is 45.7 Å². The normalized spacial score (nSPS) is 19.4. The Bertz CT molecular complexity index is 676. The number of hydrogen-bond acceptors (Lipinski definition) is 1. The van der Waals surface area contributed by atoms with Crippen LogP contribution in [-0.2, 0) is 12.8 Å². The Kier molecular flexibility index (Phi) is 2.77. The van der Waals surface area contributed by atoms with E-state index in [1.807, 2.05) is 24.3 Å². The van der Waals surface area contributed by atoms with Gasteiger partial charge in [0.15, 0.2) is 5.43 Å². The fourth-order valence-corrected chi connectivity index (χ4v) is 3.16. The van der Waals surface area contributed by atoms with Gasteiger partial charge in [0.25, 0.3) is 0 Å². The third kappa shape index (κ3) is 2.09. The van der Waals surface area contributed by atoms with Crippen LogP contribution in [-0.4, -0.2) is 4.98 Å². The molecule has 2 heteroatoms. The van der Waals surface area contributed by atoms with Gasteiger partial charge in [0.05, 0.1) is 0 Å². The number of para-hydroxylation sites is 1. The number of aromatic amines is 1. The maximum Gasteiger partial charge on any atom is 0.192 e. The van der Waals surface area contributed by atoms with Gasteiger partial charge in [0.1, 0.15) is 0 Å². The molecule has 0 fully saturated rings. The van der Waals surface area contributed by atoms with E-state index in [4.69, 9.17) is 0 Å². The summed E-state index contributed by atoms with van der Waals surface area (Å²) in [6, 6.07) is 7.83. The average Bonchev–Trinajstić information content (AvgIpc) is 2.37. The molecule has 2 nitrogen and oxygen atoms in total. The van der Waals surface area contributed by atoms with Crippen molar-refractivity contribution < 1.29 is 0 Å². The SMILES string of the molecule is CC(C)(C)[C@H]1CCc2[nH]c3ccccc3c(=O)c2C1. The number of benzene rings is 1. The summed E-state index contributed by atoms with van der Waals surface area (Å²) in [6.07, 6.45) is 3.08. The van der Waals surface area contributed by atoms with Gasteiger partial charge >= 0.3 is 0 Å². The number of fused-ring (bicyclic) bond motifs is 2. The molecule has 1 heterocycles. The standard InChI is InChI=1S/C17H21NO/c1-17(2,3)11-8-9-15-13(10-11)16(19)12-6-4-5-7-14(12)18-15/h4-7,11H,8-10H2,1-3H3,(H,18,19)/t11-/m0/s1. The van der Waals surface area contributed by atoms with Crippen LogP contribution in [0.25, 0.3) is 10.9 Å². The number of aryl methyl sites for hydroxylation is 1. The van der Waals surface area contributed by atoms with Crippen LogP contribution in [0.3, 0.4) is 0 Å². The average molecular weight is 255 g/mol. The summed E-state index contributed by atoms with van der Waals surface area (Å²) in [4.78, 5) is 16.1. The van der Waals surface area contributed by atoms with E-state index in [9.17, 15) is 4.79 Å². The molecule has 1 aromatic heterocycles. The number of nitrogens with one attached hydrogen (secondary N) is 1. The molecule has 0 saturated carbocycles. The molecule has 0 amide bonds. The lowest BCUT2D eigenvalue weighted by Gasteiger charge is -2.34. The molecule has 1 N–H and O–H groups in total. The molecular weight excluding hydrogens is 234 g/mol. The summed E-state index contributed by atoms with van der Waals surface area (Å²) >= 11 is 0. The summed E-state index contributed by atoms with van der Waals surface area (Å²) in [7, 11) is 0. The fourth-order valence-electron chi connectivity index (χ4n) is 3.16. The highest BCUT2D eigenvalue weighted by molar-refractivity contribution is 5.79. The highest BCUT2D eigenvalue weighted by atomic mass is 16.1. The second kappa shape index (κ2) is 4.22. The van der Waals surface area contributed by atoms with Gasteiger partial charge in [-0.15, -0.1) is 0 Å². The van der Waals surface area contributed by atoms with Gasteiger partial charge in [-0.2, -0.15) is 0 Å². The van der Waals surface area contributed by atoms with E-state index in [2.05, 4.69) is 25.8 Å². The quantitative estimate of drug-likeness (QED) is 0.765. The van der Waals surface area contributed by atoms with Crippen molar-refractivity contribution in [2.75, 3.05) is 0 Å². The molecule has 0 aliphatic heterocycles. The largest absolute Gasteiger partial charge is 0.358 e. The van der Waals surface area contributed by atoms with Crippen LogP contribution in [0.5, 0.6) is 0 Å². The van der Waals surface area contributed by atoms with E-state index in [1.165, 1.54) is 6.42 Å². The Morgan fingerprint density at radius 3 is 2.68 bits per heavy atom. The summed E-state index contributed by atoms with van der Waals surface area (Å²) in [5, 5.41) is 0.829. The predicted molar refractivity (Wildman–Crippen MR) is 79.5 cm³/mol. The fraction of sp³-hybridized carbons (Fsp3) is 0.471. The Morgan fingerprint density at radius 1 is 1.21 bits per heavy atom. The number of pyridine rings is 1. The first-order chi connectivity index (χ1) is 8.97. The Labute approximate surface area is 113 Å². The minimum atomic E-state index is 0.235. The van der Waals surface area contributed by atoms with E-state index in [0.717, 1.165) is 35.0 Å². The van der Waals surface area contributed by atoms with Crippen LogP contribution in [0.1, 0.15) is 38.4 Å². The Morgan fingerprint density at radius 2 is 1.95 bits per heavy atom. The second-order valence-electron chi connectivity index (χ2n) is 6.76. The third-order valence-corrected chi connectivity index (χ3v) is 4.51. The van der Waals surface area contributed by atoms with Crippen LogP contribution < -0.4 is 5.43 Å². The molecule has 2 aromatic rings. The molecule has 0 unspecified atom stereocenters. The van der Waals surface area contributed by atoms with Gasteiger partial charge in [-0.1, -0.05) is 32.9 Å². The smallest absolute Gasteiger partial charge is 0.192 e. The van der Waals surface area contributed by atoms with Crippen molar-refractivity contribution >= 4 is 10.9 Å². The first kappa shape index (κ1) is 12.5. The number of H-pyrrole nitrogens is 1. The van der Waals surface area contributed by atoms with Gasteiger partial charge in [-0.3, -0.25) is 4.79 Å². The van der Waals surface area contributed by atoms with E-state index in [-0.39, 0.29) is 10.8 Å². The van der Waals surface area contributed by atoms with Crippen molar-refractivity contribution in [3.8, 4) is 0 Å². The topological polar surface area (TPSA) is 32.9 Å². The minimum absolute atomic E-state index is 0.235. The van der Waals surface area contributed by atoms with E-state index in [1.54, 1.807) is 0 Å². The van der Waals surface area contributed by atoms with Gasteiger partial charge in [0.2, 0.25) is 0 Å². The maximum atomic E-state index is 12.6. The molecule has 100 valence electrons. The zero-order valence-corrected chi connectivity index (χ0v) is 11.9. The lowest BCUT2D eigenvalue weighted by molar-refractivity contribution is 0.214. The first-order valence-electron chi connectivity index (χ1n) is 7.09. The predicted octanol–water partition coefficient (Wildman–Crippen LogP) is 3.68. The number of hydrogen-bond donors (Lipinski definition) is 1. The monoisotopic (exact) mass is 255 g/mol. The summed E-state index contributed by atoms with van der Waals surface area (Å²) < 4.78 is 0. The van der Waals surface area contributed by atoms with Crippen molar-refractivity contribution in [2.45, 2.75) is 40.0 Å². The lowest BCUT2D eigenvalue weighted by Crippen LogP contribution is -2.31. The van der Waals surface area contributed by atoms with Gasteiger partial charge in [0, 0.05) is 22.2 Å². The molecule has 0 spiro atoms. The summed E-state index contributed by atoms with van der Waals surface area (Å²) in [6.45, 7) is 6.83. The third-order valence-electron chi connectivity index (χ3n) is 4.51. The van der Waals surface area contributed by atoms with Crippen molar-refractivity contribution in [3.63, 3.8) is 0 Å². The van der Waals surface area contributed by atoms with Crippen LogP contribution in [0.2, 0.25) is 0 Å². The highest BCUT2D eigenvalue weighted by Crippen LogP contribution is 2.36. The molecular formula is C17H21NO. The van der Waals surface area contributed by atoms with E-state index < -0.39 is 0 Å². The molecule has 3 rings (SSSR count). The summed E-state index contributed by atoms with van der Waals surface area (Å²) in [5.74, 6) is 0.599. The molecule has 0 bridgehead atoms.